The number of rotatable bonds is 2. The van der Waals surface area contributed by atoms with Crippen LogP contribution in [0.5, 0.6) is 17.2 Å². The summed E-state index contributed by atoms with van der Waals surface area (Å²) in [6, 6.07) is 6.17. The third-order valence-electron chi connectivity index (χ3n) is 2.48. The molecule has 19 heavy (non-hydrogen) atoms. The molecule has 0 aliphatic rings. The Hall–Kier alpha value is -0.800. The van der Waals surface area contributed by atoms with E-state index in [1.807, 2.05) is 6.92 Å². The molecule has 2 rings (SSSR count). The first kappa shape index (κ1) is 14.6. The summed E-state index contributed by atoms with van der Waals surface area (Å²) in [5.41, 5.74) is 0.775. The molecule has 0 spiro atoms. The second-order valence-corrected chi connectivity index (χ2v) is 5.48. The maximum Gasteiger partial charge on any atom is 0.153 e. The number of ether oxygens (including phenoxy) is 1. The predicted octanol–water partition coefficient (Wildman–Crippen LogP) is 6.11. The second kappa shape index (κ2) is 5.68. The lowest BCUT2D eigenvalue weighted by Gasteiger charge is -2.10. The fourth-order valence-electron chi connectivity index (χ4n) is 1.42. The van der Waals surface area contributed by atoms with Crippen LogP contribution in [-0.4, -0.2) is 5.11 Å². The average Bonchev–Trinajstić information content (AvgIpc) is 2.33. The van der Waals surface area contributed by atoms with Gasteiger partial charge in [-0.1, -0.05) is 46.4 Å². The molecule has 0 aromatic heterocycles. The molecule has 0 bridgehead atoms. The number of hydrogen-bond donors (Lipinski definition) is 1. The van der Waals surface area contributed by atoms with Crippen molar-refractivity contribution in [2.45, 2.75) is 6.92 Å². The summed E-state index contributed by atoms with van der Waals surface area (Å²) in [5, 5.41) is 10.7. The largest absolute Gasteiger partial charge is 0.505 e. The van der Waals surface area contributed by atoms with E-state index < -0.39 is 0 Å². The first-order valence-electron chi connectivity index (χ1n) is 5.20. The molecular weight excluding hydrogens is 330 g/mol. The van der Waals surface area contributed by atoms with Crippen LogP contribution in [0.1, 0.15) is 5.56 Å². The standard InChI is InChI=1S/C13H8Cl4O2/c1-6-9(14)2-7(3-10(6)15)19-8-4-11(16)13(18)12(17)5-8/h2-5,18H,1H3. The zero-order chi connectivity index (χ0) is 14.2. The van der Waals surface area contributed by atoms with Gasteiger partial charge in [0.1, 0.15) is 11.5 Å². The van der Waals surface area contributed by atoms with Crippen molar-refractivity contribution in [1.82, 2.24) is 0 Å². The van der Waals surface area contributed by atoms with Crippen LogP contribution in [0.2, 0.25) is 20.1 Å². The minimum atomic E-state index is -0.185. The van der Waals surface area contributed by atoms with Gasteiger partial charge in [-0.2, -0.15) is 0 Å². The lowest BCUT2D eigenvalue weighted by Crippen LogP contribution is -1.87. The summed E-state index contributed by atoms with van der Waals surface area (Å²) in [5.74, 6) is 0.651. The maximum absolute atomic E-state index is 9.46. The Morgan fingerprint density at radius 1 is 0.789 bits per heavy atom. The minimum Gasteiger partial charge on any atom is -0.505 e. The molecule has 6 heteroatoms. The molecule has 0 fully saturated rings. The van der Waals surface area contributed by atoms with Crippen LogP contribution in [-0.2, 0) is 0 Å². The fourth-order valence-corrected chi connectivity index (χ4v) is 2.35. The molecule has 2 aromatic rings. The molecule has 0 saturated carbocycles. The molecule has 0 amide bonds. The highest BCUT2D eigenvalue weighted by Gasteiger charge is 2.10. The van der Waals surface area contributed by atoms with Gasteiger partial charge in [-0.25, -0.2) is 0 Å². The van der Waals surface area contributed by atoms with Crippen molar-refractivity contribution >= 4 is 46.4 Å². The quantitative estimate of drug-likeness (QED) is 0.716. The third kappa shape index (κ3) is 3.21. The van der Waals surface area contributed by atoms with Crippen LogP contribution in [0.4, 0.5) is 0 Å². The Balaban J connectivity index is 2.36. The topological polar surface area (TPSA) is 29.5 Å². The van der Waals surface area contributed by atoms with Crippen LogP contribution in [0.3, 0.4) is 0 Å². The van der Waals surface area contributed by atoms with Gasteiger partial charge >= 0.3 is 0 Å². The van der Waals surface area contributed by atoms with E-state index in [1.54, 1.807) is 12.1 Å². The Labute approximate surface area is 130 Å². The summed E-state index contributed by atoms with van der Waals surface area (Å²) < 4.78 is 5.56. The molecule has 100 valence electrons. The van der Waals surface area contributed by atoms with Gasteiger partial charge in [-0.3, -0.25) is 0 Å². The number of benzene rings is 2. The van der Waals surface area contributed by atoms with E-state index in [4.69, 9.17) is 51.1 Å². The van der Waals surface area contributed by atoms with Gasteiger partial charge in [0.2, 0.25) is 0 Å². The summed E-state index contributed by atoms with van der Waals surface area (Å²) in [6.45, 7) is 1.81. The molecule has 0 heterocycles. The van der Waals surface area contributed by atoms with Crippen LogP contribution in [0.15, 0.2) is 24.3 Å². The van der Waals surface area contributed by atoms with Crippen molar-refractivity contribution in [3.05, 3.63) is 49.9 Å². The Morgan fingerprint density at radius 2 is 1.16 bits per heavy atom. The Kier molecular flexibility index (Phi) is 4.36. The predicted molar refractivity (Wildman–Crippen MR) is 79.4 cm³/mol. The number of hydrogen-bond acceptors (Lipinski definition) is 2. The fraction of sp³-hybridized carbons (Fsp3) is 0.0769. The van der Waals surface area contributed by atoms with Gasteiger partial charge < -0.3 is 9.84 Å². The number of aromatic hydroxyl groups is 1. The van der Waals surface area contributed by atoms with Crippen LogP contribution >= 0.6 is 46.4 Å². The highest BCUT2D eigenvalue weighted by atomic mass is 35.5. The van der Waals surface area contributed by atoms with E-state index in [-0.39, 0.29) is 15.8 Å². The monoisotopic (exact) mass is 336 g/mol. The van der Waals surface area contributed by atoms with E-state index in [9.17, 15) is 5.11 Å². The summed E-state index contributed by atoms with van der Waals surface area (Å²) in [4.78, 5) is 0. The van der Waals surface area contributed by atoms with Crippen molar-refractivity contribution < 1.29 is 9.84 Å². The molecule has 0 aliphatic heterocycles. The lowest BCUT2D eigenvalue weighted by atomic mass is 10.2. The SMILES string of the molecule is Cc1c(Cl)cc(Oc2cc(Cl)c(O)c(Cl)c2)cc1Cl. The van der Waals surface area contributed by atoms with E-state index in [0.29, 0.717) is 21.5 Å². The molecule has 0 atom stereocenters. The Morgan fingerprint density at radius 3 is 1.58 bits per heavy atom. The summed E-state index contributed by atoms with van der Waals surface area (Å²) in [6.07, 6.45) is 0. The van der Waals surface area contributed by atoms with Crippen LogP contribution in [0.25, 0.3) is 0 Å². The van der Waals surface area contributed by atoms with Crippen molar-refractivity contribution in [3.8, 4) is 17.2 Å². The first-order chi connectivity index (χ1) is 8.88. The van der Waals surface area contributed by atoms with E-state index in [1.165, 1.54) is 12.1 Å². The van der Waals surface area contributed by atoms with Gasteiger partial charge in [0, 0.05) is 22.2 Å². The molecule has 0 aliphatic carbocycles. The molecule has 2 aromatic carbocycles. The molecule has 2 nitrogen and oxygen atoms in total. The third-order valence-corrected chi connectivity index (χ3v) is 3.84. The van der Waals surface area contributed by atoms with E-state index in [2.05, 4.69) is 0 Å². The van der Waals surface area contributed by atoms with Gasteiger partial charge in [-0.15, -0.1) is 0 Å². The highest BCUT2D eigenvalue weighted by Crippen LogP contribution is 2.38. The normalized spacial score (nSPS) is 10.6. The first-order valence-corrected chi connectivity index (χ1v) is 6.71. The second-order valence-electron chi connectivity index (χ2n) is 3.85. The van der Waals surface area contributed by atoms with Gasteiger partial charge in [-0.05, 0) is 24.6 Å². The molecule has 0 unspecified atom stereocenters. The summed E-state index contributed by atoms with van der Waals surface area (Å²) in [7, 11) is 0. The highest BCUT2D eigenvalue weighted by molar-refractivity contribution is 6.37. The number of phenolic OH excluding ortho intramolecular Hbond substituents is 1. The van der Waals surface area contributed by atoms with Gasteiger partial charge in [0.05, 0.1) is 10.0 Å². The molecule has 0 saturated heterocycles. The number of halogens is 4. The molecule has 1 N–H and O–H groups in total. The maximum atomic E-state index is 9.46. The lowest BCUT2D eigenvalue weighted by molar-refractivity contribution is 0.465. The van der Waals surface area contributed by atoms with Gasteiger partial charge in [0.15, 0.2) is 5.75 Å². The average molecular weight is 338 g/mol. The van der Waals surface area contributed by atoms with Crippen molar-refractivity contribution in [3.63, 3.8) is 0 Å². The molecule has 0 radical (unpaired) electrons. The van der Waals surface area contributed by atoms with Gasteiger partial charge in [0.25, 0.3) is 0 Å². The van der Waals surface area contributed by atoms with E-state index >= 15 is 0 Å². The summed E-state index contributed by atoms with van der Waals surface area (Å²) >= 11 is 23.6. The minimum absolute atomic E-state index is 0.104. The Bertz CT molecular complexity index is 539. The van der Waals surface area contributed by atoms with E-state index in [0.717, 1.165) is 5.56 Å². The van der Waals surface area contributed by atoms with Crippen molar-refractivity contribution in [2.75, 3.05) is 0 Å². The smallest absolute Gasteiger partial charge is 0.153 e. The van der Waals surface area contributed by atoms with Crippen molar-refractivity contribution in [1.29, 1.82) is 0 Å². The number of phenols is 1. The van der Waals surface area contributed by atoms with Crippen molar-refractivity contribution in [2.24, 2.45) is 0 Å². The zero-order valence-corrected chi connectivity index (χ0v) is 12.7. The van der Waals surface area contributed by atoms with Crippen LogP contribution < -0.4 is 4.74 Å². The molecular formula is C13H8Cl4O2. The van der Waals surface area contributed by atoms with Crippen LogP contribution in [0, 0.1) is 6.92 Å². The zero-order valence-electron chi connectivity index (χ0n) is 9.68.